The molecule has 0 radical (unpaired) electrons. The number of ether oxygens (including phenoxy) is 1. The molecule has 0 unspecified atom stereocenters. The van der Waals surface area contributed by atoms with Gasteiger partial charge in [-0.3, -0.25) is 0 Å². The molecule has 0 fully saturated rings. The minimum Gasteiger partial charge on any atom is -0.456 e. The van der Waals surface area contributed by atoms with Crippen molar-refractivity contribution in [3.05, 3.63) is 65.4 Å². The molecule has 0 spiro atoms. The average Bonchev–Trinajstić information content (AvgIpc) is 2.64. The maximum Gasteiger partial charge on any atom is 0.228 e. The van der Waals surface area contributed by atoms with E-state index >= 15 is 0 Å². The summed E-state index contributed by atoms with van der Waals surface area (Å²) in [5, 5.41) is 5.02. The molecule has 0 N–H and O–H groups in total. The van der Waals surface area contributed by atoms with Gasteiger partial charge in [0.05, 0.1) is 10.9 Å². The summed E-state index contributed by atoms with van der Waals surface area (Å²) in [5.74, 6) is 2.57. The molecule has 0 saturated heterocycles. The summed E-state index contributed by atoms with van der Waals surface area (Å²) >= 11 is 0. The van der Waals surface area contributed by atoms with Gasteiger partial charge in [-0.05, 0) is 65.6 Å². The number of pyridine rings is 1. The smallest absolute Gasteiger partial charge is 0.228 e. The van der Waals surface area contributed by atoms with E-state index in [9.17, 15) is 0 Å². The van der Waals surface area contributed by atoms with Gasteiger partial charge < -0.3 is 4.74 Å². The number of aryl methyl sites for hydroxylation is 3. The summed E-state index contributed by atoms with van der Waals surface area (Å²) in [7, 11) is 2.13. The van der Waals surface area contributed by atoms with E-state index in [1.54, 1.807) is 0 Å². The third-order valence-corrected chi connectivity index (χ3v) is 5.88. The summed E-state index contributed by atoms with van der Waals surface area (Å²) in [6.07, 6.45) is 3.24. The average molecular weight is 369 g/mol. The molecular weight excluding hydrogens is 342 g/mol. The van der Waals surface area contributed by atoms with E-state index in [2.05, 4.69) is 88.0 Å². The number of rotatable bonds is 2. The van der Waals surface area contributed by atoms with Gasteiger partial charge in [0.25, 0.3) is 0 Å². The Balaban J connectivity index is 1.87. The van der Waals surface area contributed by atoms with Crippen LogP contribution in [0, 0.1) is 19.8 Å². The molecule has 28 heavy (non-hydrogen) atoms. The molecule has 140 valence electrons. The lowest BCUT2D eigenvalue weighted by Gasteiger charge is -2.23. The van der Waals surface area contributed by atoms with Crippen LogP contribution >= 0.6 is 0 Å². The Hall–Kier alpha value is -2.87. The number of benzene rings is 3. The van der Waals surface area contributed by atoms with Crippen LogP contribution < -0.4 is 9.30 Å². The van der Waals surface area contributed by atoms with Crippen molar-refractivity contribution in [2.75, 3.05) is 0 Å². The van der Waals surface area contributed by atoms with Gasteiger partial charge >= 0.3 is 0 Å². The molecular formula is C26H26NO+. The second-order valence-electron chi connectivity index (χ2n) is 8.63. The SMILES string of the molecule is Cc1ccc2cc3c(c(C)c2c1)-c1c2c(cc(CC(C)C)cc2cc[n+]1C)O3. The van der Waals surface area contributed by atoms with E-state index in [0.717, 1.165) is 17.9 Å². The molecule has 4 aromatic rings. The lowest BCUT2D eigenvalue weighted by atomic mass is 9.90. The third-order valence-electron chi connectivity index (χ3n) is 5.88. The molecule has 3 aromatic carbocycles. The Morgan fingerprint density at radius 3 is 2.54 bits per heavy atom. The van der Waals surface area contributed by atoms with Gasteiger partial charge in [0.15, 0.2) is 6.20 Å². The Kier molecular flexibility index (Phi) is 3.74. The first-order valence-corrected chi connectivity index (χ1v) is 10.1. The van der Waals surface area contributed by atoms with Gasteiger partial charge in [-0.15, -0.1) is 0 Å². The molecule has 2 heteroatoms. The summed E-state index contributed by atoms with van der Waals surface area (Å²) in [6, 6.07) is 15.6. The lowest BCUT2D eigenvalue weighted by molar-refractivity contribution is -0.659. The zero-order valence-electron chi connectivity index (χ0n) is 17.3. The standard InChI is InChI=1S/C26H26NO/c1-15(2)10-18-12-20-8-9-27(5)26-24-17(4)21-11-16(3)6-7-19(21)14-23(24)28-22(13-18)25(20)26/h6-9,11-15H,10H2,1-5H3/q+1. The maximum absolute atomic E-state index is 6.53. The van der Waals surface area contributed by atoms with Crippen molar-refractivity contribution >= 4 is 21.5 Å². The van der Waals surface area contributed by atoms with Crippen LogP contribution in [0.25, 0.3) is 32.8 Å². The van der Waals surface area contributed by atoms with Crippen LogP contribution in [-0.2, 0) is 13.5 Å². The van der Waals surface area contributed by atoms with E-state index < -0.39 is 0 Å². The highest BCUT2D eigenvalue weighted by Gasteiger charge is 2.30. The van der Waals surface area contributed by atoms with Crippen LogP contribution in [0.15, 0.2) is 48.7 Å². The van der Waals surface area contributed by atoms with Crippen LogP contribution in [0.4, 0.5) is 0 Å². The van der Waals surface area contributed by atoms with Crippen molar-refractivity contribution in [2.24, 2.45) is 13.0 Å². The molecule has 2 nitrogen and oxygen atoms in total. The van der Waals surface area contributed by atoms with Crippen molar-refractivity contribution < 1.29 is 9.30 Å². The van der Waals surface area contributed by atoms with Crippen LogP contribution in [0.3, 0.4) is 0 Å². The number of aromatic nitrogens is 1. The minimum atomic E-state index is 0.620. The van der Waals surface area contributed by atoms with E-state index in [4.69, 9.17) is 4.74 Å². The summed E-state index contributed by atoms with van der Waals surface area (Å²) in [5.41, 5.74) is 6.39. The third kappa shape index (κ3) is 2.51. The van der Waals surface area contributed by atoms with E-state index in [-0.39, 0.29) is 0 Å². The maximum atomic E-state index is 6.53. The van der Waals surface area contributed by atoms with E-state index in [0.29, 0.717) is 5.92 Å². The van der Waals surface area contributed by atoms with Crippen molar-refractivity contribution in [1.82, 2.24) is 0 Å². The molecule has 1 aliphatic heterocycles. The molecule has 5 rings (SSSR count). The van der Waals surface area contributed by atoms with E-state index in [1.165, 1.54) is 49.5 Å². The Morgan fingerprint density at radius 2 is 1.75 bits per heavy atom. The zero-order chi connectivity index (χ0) is 19.6. The van der Waals surface area contributed by atoms with Crippen LogP contribution in [0.2, 0.25) is 0 Å². The highest BCUT2D eigenvalue weighted by Crippen LogP contribution is 2.48. The Morgan fingerprint density at radius 1 is 0.929 bits per heavy atom. The molecule has 1 aromatic heterocycles. The van der Waals surface area contributed by atoms with Gasteiger partial charge in [-0.2, -0.15) is 0 Å². The highest BCUT2D eigenvalue weighted by atomic mass is 16.5. The number of hydrogen-bond donors (Lipinski definition) is 0. The molecule has 0 saturated carbocycles. The molecule has 0 aliphatic carbocycles. The summed E-state index contributed by atoms with van der Waals surface area (Å²) in [6.45, 7) is 8.90. The van der Waals surface area contributed by atoms with Crippen molar-refractivity contribution in [1.29, 1.82) is 0 Å². The van der Waals surface area contributed by atoms with Crippen LogP contribution in [-0.4, -0.2) is 0 Å². The number of hydrogen-bond acceptors (Lipinski definition) is 1. The fraction of sp³-hybridized carbons (Fsp3) is 0.269. The highest BCUT2D eigenvalue weighted by molar-refractivity contribution is 6.05. The number of nitrogens with zero attached hydrogens (tertiary/aromatic N) is 1. The van der Waals surface area contributed by atoms with Gasteiger partial charge in [0.2, 0.25) is 5.69 Å². The monoisotopic (exact) mass is 368 g/mol. The minimum absolute atomic E-state index is 0.620. The first-order valence-electron chi connectivity index (χ1n) is 10.1. The largest absolute Gasteiger partial charge is 0.456 e. The molecule has 0 bridgehead atoms. The van der Waals surface area contributed by atoms with Crippen molar-refractivity contribution in [2.45, 2.75) is 34.1 Å². The Bertz CT molecular complexity index is 1270. The quantitative estimate of drug-likeness (QED) is 0.328. The van der Waals surface area contributed by atoms with Crippen LogP contribution in [0.1, 0.15) is 30.5 Å². The molecule has 0 amide bonds. The van der Waals surface area contributed by atoms with Gasteiger partial charge in [-0.25, -0.2) is 4.57 Å². The zero-order valence-corrected chi connectivity index (χ0v) is 17.3. The summed E-state index contributed by atoms with van der Waals surface area (Å²) < 4.78 is 8.77. The molecule has 1 aliphatic rings. The van der Waals surface area contributed by atoms with Gasteiger partial charge in [0.1, 0.15) is 18.5 Å². The fourth-order valence-corrected chi connectivity index (χ4v) is 4.64. The van der Waals surface area contributed by atoms with Crippen LogP contribution in [0.5, 0.6) is 11.5 Å². The second-order valence-corrected chi connectivity index (χ2v) is 8.63. The molecule has 0 atom stereocenters. The predicted octanol–water partition coefficient (Wildman–Crippen LogP) is 6.41. The van der Waals surface area contributed by atoms with Crippen molar-refractivity contribution in [3.63, 3.8) is 0 Å². The lowest BCUT2D eigenvalue weighted by Crippen LogP contribution is -2.31. The van der Waals surface area contributed by atoms with Gasteiger partial charge in [0, 0.05) is 6.07 Å². The Labute approximate surface area is 166 Å². The number of fused-ring (bicyclic) bond motifs is 3. The predicted molar refractivity (Wildman–Crippen MR) is 116 cm³/mol. The van der Waals surface area contributed by atoms with E-state index in [1.807, 2.05) is 0 Å². The first kappa shape index (κ1) is 17.2. The second kappa shape index (κ2) is 6.07. The first-order chi connectivity index (χ1) is 13.4. The summed E-state index contributed by atoms with van der Waals surface area (Å²) in [4.78, 5) is 0. The van der Waals surface area contributed by atoms with Gasteiger partial charge in [-0.1, -0.05) is 43.7 Å². The fourth-order valence-electron chi connectivity index (χ4n) is 4.64. The topological polar surface area (TPSA) is 13.1 Å². The molecule has 2 heterocycles. The normalized spacial score (nSPS) is 12.5. The van der Waals surface area contributed by atoms with Crippen molar-refractivity contribution in [3.8, 4) is 22.8 Å².